The van der Waals surface area contributed by atoms with Crippen molar-refractivity contribution in [2.24, 2.45) is 11.8 Å². The summed E-state index contributed by atoms with van der Waals surface area (Å²) >= 11 is 0. The van der Waals surface area contributed by atoms with Crippen LogP contribution < -0.4 is 0 Å². The Morgan fingerprint density at radius 1 is 1.38 bits per heavy atom. The molecule has 1 unspecified atom stereocenters. The van der Waals surface area contributed by atoms with Gasteiger partial charge in [0.2, 0.25) is 0 Å². The van der Waals surface area contributed by atoms with E-state index in [1.807, 2.05) is 0 Å². The lowest BCUT2D eigenvalue weighted by molar-refractivity contribution is -0.239. The number of aliphatic hydroxyl groups is 1. The summed E-state index contributed by atoms with van der Waals surface area (Å²) in [6, 6.07) is 0. The van der Waals surface area contributed by atoms with E-state index in [0.717, 1.165) is 6.42 Å². The number of rotatable bonds is 2. The second-order valence-corrected chi connectivity index (χ2v) is 4.14. The van der Waals surface area contributed by atoms with Gasteiger partial charge in [0.25, 0.3) is 0 Å². The van der Waals surface area contributed by atoms with E-state index in [4.69, 9.17) is 9.47 Å². The first kappa shape index (κ1) is 11.0. The highest BCUT2D eigenvalue weighted by atomic mass is 16.7. The second kappa shape index (κ2) is 4.40. The van der Waals surface area contributed by atoms with Gasteiger partial charge in [0, 0.05) is 13.0 Å². The summed E-state index contributed by atoms with van der Waals surface area (Å²) in [6.07, 6.45) is 0.394. The largest absolute Gasteiger partial charge is 0.391 e. The van der Waals surface area contributed by atoms with Gasteiger partial charge in [-0.25, -0.2) is 0 Å². The molecular weight excluding hydrogens is 168 g/mol. The molecule has 0 aromatic carbocycles. The number of hydrogen-bond acceptors (Lipinski definition) is 3. The molecule has 0 bridgehead atoms. The zero-order valence-electron chi connectivity index (χ0n) is 8.86. The summed E-state index contributed by atoms with van der Waals surface area (Å²) < 4.78 is 10.8. The van der Waals surface area contributed by atoms with Gasteiger partial charge in [-0.2, -0.15) is 0 Å². The van der Waals surface area contributed by atoms with Gasteiger partial charge in [-0.3, -0.25) is 0 Å². The van der Waals surface area contributed by atoms with Gasteiger partial charge < -0.3 is 14.6 Å². The van der Waals surface area contributed by atoms with Crippen LogP contribution in [0, 0.1) is 11.8 Å². The lowest BCUT2D eigenvalue weighted by Gasteiger charge is -2.39. The fourth-order valence-electron chi connectivity index (χ4n) is 2.13. The average molecular weight is 188 g/mol. The van der Waals surface area contributed by atoms with Crippen LogP contribution in [0.3, 0.4) is 0 Å². The Labute approximate surface area is 80.0 Å². The maximum absolute atomic E-state index is 9.47. The number of aliphatic hydroxyl groups excluding tert-OH is 1. The van der Waals surface area contributed by atoms with Crippen LogP contribution >= 0.6 is 0 Å². The van der Waals surface area contributed by atoms with Gasteiger partial charge in [0.15, 0.2) is 6.29 Å². The monoisotopic (exact) mass is 188 g/mol. The fourth-order valence-corrected chi connectivity index (χ4v) is 2.13. The quantitative estimate of drug-likeness (QED) is 0.712. The van der Waals surface area contributed by atoms with Crippen LogP contribution in [0.25, 0.3) is 0 Å². The maximum atomic E-state index is 9.47. The number of ether oxygens (including phenoxy) is 2. The van der Waals surface area contributed by atoms with Gasteiger partial charge >= 0.3 is 0 Å². The topological polar surface area (TPSA) is 38.7 Å². The van der Waals surface area contributed by atoms with Crippen LogP contribution in [0.2, 0.25) is 0 Å². The van der Waals surface area contributed by atoms with Crippen molar-refractivity contribution in [2.75, 3.05) is 7.11 Å². The average Bonchev–Trinajstić information content (AvgIpc) is 2.03. The normalized spacial score (nSPS) is 43.2. The smallest absolute Gasteiger partial charge is 0.160 e. The molecule has 1 rings (SSSR count). The van der Waals surface area contributed by atoms with Crippen molar-refractivity contribution >= 4 is 0 Å². The Morgan fingerprint density at radius 2 is 2.00 bits per heavy atom. The van der Waals surface area contributed by atoms with E-state index >= 15 is 0 Å². The second-order valence-electron chi connectivity index (χ2n) is 4.14. The van der Waals surface area contributed by atoms with Crippen molar-refractivity contribution in [3.8, 4) is 0 Å². The highest BCUT2D eigenvalue weighted by Crippen LogP contribution is 2.31. The van der Waals surface area contributed by atoms with E-state index in [1.165, 1.54) is 0 Å². The van der Waals surface area contributed by atoms with Crippen LogP contribution in [0.5, 0.6) is 0 Å². The van der Waals surface area contributed by atoms with Crippen molar-refractivity contribution in [3.05, 3.63) is 0 Å². The van der Waals surface area contributed by atoms with Gasteiger partial charge in [-0.1, -0.05) is 13.8 Å². The molecule has 5 atom stereocenters. The van der Waals surface area contributed by atoms with Crippen LogP contribution in [-0.4, -0.2) is 30.7 Å². The first-order valence-corrected chi connectivity index (χ1v) is 4.92. The lowest BCUT2D eigenvalue weighted by atomic mass is 9.87. The molecule has 0 radical (unpaired) electrons. The molecule has 13 heavy (non-hydrogen) atoms. The van der Waals surface area contributed by atoms with Crippen LogP contribution in [0.4, 0.5) is 0 Å². The molecule has 1 aliphatic heterocycles. The zero-order chi connectivity index (χ0) is 10.0. The molecule has 1 N–H and O–H groups in total. The van der Waals surface area contributed by atoms with E-state index in [9.17, 15) is 5.11 Å². The van der Waals surface area contributed by atoms with E-state index < -0.39 is 6.10 Å². The fraction of sp³-hybridized carbons (Fsp3) is 1.00. The molecule has 0 aliphatic carbocycles. The summed E-state index contributed by atoms with van der Waals surface area (Å²) in [4.78, 5) is 0. The molecular formula is C10H20O3. The van der Waals surface area contributed by atoms with E-state index in [-0.39, 0.29) is 12.4 Å². The molecule has 0 saturated carbocycles. The van der Waals surface area contributed by atoms with E-state index in [1.54, 1.807) is 14.0 Å². The summed E-state index contributed by atoms with van der Waals surface area (Å²) in [5.74, 6) is 0.816. The summed E-state index contributed by atoms with van der Waals surface area (Å²) in [6.45, 7) is 5.99. The number of hydrogen-bond donors (Lipinski definition) is 1. The first-order valence-electron chi connectivity index (χ1n) is 4.92. The molecule has 1 fully saturated rings. The summed E-state index contributed by atoms with van der Waals surface area (Å²) in [5.41, 5.74) is 0. The first-order chi connectivity index (χ1) is 6.06. The Morgan fingerprint density at radius 3 is 2.46 bits per heavy atom. The van der Waals surface area contributed by atoms with Crippen molar-refractivity contribution in [2.45, 2.75) is 45.7 Å². The lowest BCUT2D eigenvalue weighted by Crippen LogP contribution is -2.45. The van der Waals surface area contributed by atoms with Gasteiger partial charge in [-0.05, 0) is 19.3 Å². The molecule has 3 nitrogen and oxygen atoms in total. The standard InChI is InChI=1S/C10H20O3/c1-6-5-7(2)10(12-4)13-9(6)8(3)11/h6-11H,5H2,1-4H3/t6-,7+,8?,9-,10-/m0/s1. The predicted molar refractivity (Wildman–Crippen MR) is 50.3 cm³/mol. The zero-order valence-corrected chi connectivity index (χ0v) is 8.86. The van der Waals surface area contributed by atoms with Crippen LogP contribution in [0.1, 0.15) is 27.2 Å². The minimum absolute atomic E-state index is 0.0823. The van der Waals surface area contributed by atoms with Crippen LogP contribution in [-0.2, 0) is 9.47 Å². The van der Waals surface area contributed by atoms with Gasteiger partial charge in [0.05, 0.1) is 12.2 Å². The molecule has 3 heteroatoms. The minimum atomic E-state index is -0.417. The van der Waals surface area contributed by atoms with Crippen molar-refractivity contribution in [1.82, 2.24) is 0 Å². The third kappa shape index (κ3) is 2.42. The maximum Gasteiger partial charge on any atom is 0.160 e. The van der Waals surface area contributed by atoms with Gasteiger partial charge in [-0.15, -0.1) is 0 Å². The van der Waals surface area contributed by atoms with Crippen molar-refractivity contribution in [3.63, 3.8) is 0 Å². The SMILES string of the molecule is CO[C@H]1O[C@H](C(C)O)[C@@H](C)C[C@H]1C. The Kier molecular flexibility index (Phi) is 3.71. The Bertz CT molecular complexity index is 158. The predicted octanol–water partition coefficient (Wildman–Crippen LogP) is 1.40. The highest BCUT2D eigenvalue weighted by Gasteiger charge is 2.35. The van der Waals surface area contributed by atoms with Crippen molar-refractivity contribution < 1.29 is 14.6 Å². The highest BCUT2D eigenvalue weighted by molar-refractivity contribution is 4.80. The molecule has 0 amide bonds. The molecule has 1 saturated heterocycles. The third-order valence-electron chi connectivity index (χ3n) is 2.77. The third-order valence-corrected chi connectivity index (χ3v) is 2.77. The summed E-state index contributed by atoms with van der Waals surface area (Å²) in [5, 5.41) is 9.47. The molecule has 0 aromatic rings. The molecule has 0 spiro atoms. The van der Waals surface area contributed by atoms with Gasteiger partial charge in [0.1, 0.15) is 0 Å². The Balaban J connectivity index is 2.58. The Hall–Kier alpha value is -0.120. The van der Waals surface area contributed by atoms with Crippen molar-refractivity contribution in [1.29, 1.82) is 0 Å². The molecule has 1 aliphatic rings. The summed E-state index contributed by atoms with van der Waals surface area (Å²) in [7, 11) is 1.65. The van der Waals surface area contributed by atoms with Crippen LogP contribution in [0.15, 0.2) is 0 Å². The van der Waals surface area contributed by atoms with E-state index in [2.05, 4.69) is 13.8 Å². The number of methoxy groups -OCH3 is 1. The molecule has 1 heterocycles. The molecule has 78 valence electrons. The molecule has 0 aromatic heterocycles. The van der Waals surface area contributed by atoms with E-state index in [0.29, 0.717) is 11.8 Å². The minimum Gasteiger partial charge on any atom is -0.391 e.